The molecule has 0 spiro atoms. The largest absolute Gasteiger partial charge is 0.341 e. The summed E-state index contributed by atoms with van der Waals surface area (Å²) in [5.74, 6) is 0.628. The van der Waals surface area contributed by atoms with Crippen molar-refractivity contribution < 1.29 is 4.79 Å². The second-order valence-corrected chi connectivity index (χ2v) is 5.66. The summed E-state index contributed by atoms with van der Waals surface area (Å²) >= 11 is 6.37. The van der Waals surface area contributed by atoms with Crippen molar-refractivity contribution in [3.8, 4) is 0 Å². The van der Waals surface area contributed by atoms with Crippen LogP contribution in [0.1, 0.15) is 51.4 Å². The fourth-order valence-corrected chi connectivity index (χ4v) is 3.31. The Labute approximate surface area is 103 Å². The van der Waals surface area contributed by atoms with E-state index >= 15 is 0 Å². The predicted octanol–water partition coefficient (Wildman–Crippen LogP) is 3.19. The van der Waals surface area contributed by atoms with E-state index in [0.717, 1.165) is 38.8 Å². The summed E-state index contributed by atoms with van der Waals surface area (Å²) in [6.45, 7) is 1.85. The summed E-state index contributed by atoms with van der Waals surface area (Å²) in [5.41, 5.74) is 0. The average Bonchev–Trinajstić information content (AvgIpc) is 2.70. The van der Waals surface area contributed by atoms with Gasteiger partial charge in [0.05, 0.1) is 0 Å². The van der Waals surface area contributed by atoms with Crippen molar-refractivity contribution in [1.29, 1.82) is 0 Å². The summed E-state index contributed by atoms with van der Waals surface area (Å²) in [5, 5.41) is -0.254. The van der Waals surface area contributed by atoms with Gasteiger partial charge in [0, 0.05) is 13.1 Å². The van der Waals surface area contributed by atoms with E-state index in [1.807, 2.05) is 4.90 Å². The molecule has 1 saturated heterocycles. The molecule has 0 radical (unpaired) electrons. The molecule has 1 saturated carbocycles. The lowest BCUT2D eigenvalue weighted by atomic mass is 9.95. The molecular formula is C13H22ClNO. The number of alkyl halides is 1. The third kappa shape index (κ3) is 2.91. The fourth-order valence-electron chi connectivity index (χ4n) is 2.92. The maximum absolute atomic E-state index is 12.2. The summed E-state index contributed by atoms with van der Waals surface area (Å²) < 4.78 is 0. The third-order valence-corrected chi connectivity index (χ3v) is 4.51. The molecule has 1 aliphatic heterocycles. The van der Waals surface area contributed by atoms with Crippen molar-refractivity contribution in [1.82, 2.24) is 4.90 Å². The lowest BCUT2D eigenvalue weighted by Gasteiger charge is -2.24. The molecule has 2 rings (SSSR count). The van der Waals surface area contributed by atoms with Crippen LogP contribution in [0.15, 0.2) is 0 Å². The summed E-state index contributed by atoms with van der Waals surface area (Å²) in [6, 6.07) is 0. The van der Waals surface area contributed by atoms with Crippen molar-refractivity contribution >= 4 is 17.5 Å². The van der Waals surface area contributed by atoms with Gasteiger partial charge in [0.25, 0.3) is 0 Å². The van der Waals surface area contributed by atoms with Gasteiger partial charge in [0.1, 0.15) is 5.38 Å². The van der Waals surface area contributed by atoms with Crippen LogP contribution in [0, 0.1) is 5.92 Å². The Morgan fingerprint density at radius 3 is 2.12 bits per heavy atom. The van der Waals surface area contributed by atoms with Crippen LogP contribution >= 0.6 is 11.6 Å². The van der Waals surface area contributed by atoms with Gasteiger partial charge < -0.3 is 4.90 Å². The molecule has 0 bridgehead atoms. The van der Waals surface area contributed by atoms with Gasteiger partial charge in [-0.25, -0.2) is 0 Å². The van der Waals surface area contributed by atoms with Crippen molar-refractivity contribution in [2.75, 3.05) is 13.1 Å². The Bertz CT molecular complexity index is 230. The number of carbonyl (C=O) groups is 1. The van der Waals surface area contributed by atoms with E-state index in [2.05, 4.69) is 0 Å². The Morgan fingerprint density at radius 2 is 1.56 bits per heavy atom. The molecule has 16 heavy (non-hydrogen) atoms. The van der Waals surface area contributed by atoms with Gasteiger partial charge in [-0.3, -0.25) is 4.79 Å². The van der Waals surface area contributed by atoms with Crippen LogP contribution in [0.3, 0.4) is 0 Å². The van der Waals surface area contributed by atoms with Crippen molar-refractivity contribution in [2.45, 2.75) is 56.7 Å². The standard InChI is InChI=1S/C13H22ClNO/c14-12(11-7-3-1-2-4-8-11)13(16)15-9-5-6-10-15/h11-12H,1-10H2. The van der Waals surface area contributed by atoms with E-state index in [1.165, 1.54) is 25.7 Å². The zero-order valence-corrected chi connectivity index (χ0v) is 10.7. The highest BCUT2D eigenvalue weighted by atomic mass is 35.5. The van der Waals surface area contributed by atoms with Gasteiger partial charge in [-0.1, -0.05) is 25.7 Å². The molecule has 0 aromatic heterocycles. The third-order valence-electron chi connectivity index (χ3n) is 3.97. The zero-order valence-electron chi connectivity index (χ0n) is 9.96. The van der Waals surface area contributed by atoms with Gasteiger partial charge in [-0.15, -0.1) is 11.6 Å². The highest BCUT2D eigenvalue weighted by molar-refractivity contribution is 6.30. The Balaban J connectivity index is 1.88. The van der Waals surface area contributed by atoms with Crippen LogP contribution in [-0.4, -0.2) is 29.3 Å². The topological polar surface area (TPSA) is 20.3 Å². The van der Waals surface area contributed by atoms with Crippen molar-refractivity contribution in [2.24, 2.45) is 5.92 Å². The lowest BCUT2D eigenvalue weighted by Crippen LogP contribution is -2.38. The van der Waals surface area contributed by atoms with Crippen molar-refractivity contribution in [3.63, 3.8) is 0 Å². The van der Waals surface area contributed by atoms with Gasteiger partial charge in [0.15, 0.2) is 0 Å². The number of hydrogen-bond donors (Lipinski definition) is 0. The van der Waals surface area contributed by atoms with Crippen molar-refractivity contribution in [3.05, 3.63) is 0 Å². The summed E-state index contributed by atoms with van der Waals surface area (Å²) in [7, 11) is 0. The Kier molecular flexibility index (Phi) is 4.51. The molecule has 0 aromatic rings. The van der Waals surface area contributed by atoms with Gasteiger partial charge in [0.2, 0.25) is 5.91 Å². The molecule has 1 amide bonds. The lowest BCUT2D eigenvalue weighted by molar-refractivity contribution is -0.130. The van der Waals surface area contributed by atoms with E-state index in [-0.39, 0.29) is 11.3 Å². The fraction of sp³-hybridized carbons (Fsp3) is 0.923. The minimum Gasteiger partial charge on any atom is -0.341 e. The van der Waals surface area contributed by atoms with Gasteiger partial charge in [-0.05, 0) is 31.6 Å². The number of amides is 1. The van der Waals surface area contributed by atoms with E-state index in [0.29, 0.717) is 5.92 Å². The molecular weight excluding hydrogens is 222 g/mol. The normalized spacial score (nSPS) is 25.4. The number of likely N-dealkylation sites (tertiary alicyclic amines) is 1. The maximum Gasteiger partial charge on any atom is 0.240 e. The molecule has 1 unspecified atom stereocenters. The number of hydrogen-bond acceptors (Lipinski definition) is 1. The second kappa shape index (κ2) is 5.90. The molecule has 2 aliphatic rings. The first-order valence-corrected chi connectivity index (χ1v) is 7.15. The zero-order chi connectivity index (χ0) is 11.4. The molecule has 0 N–H and O–H groups in total. The van der Waals surface area contributed by atoms with Gasteiger partial charge in [-0.2, -0.15) is 0 Å². The second-order valence-electron chi connectivity index (χ2n) is 5.19. The molecule has 1 atom stereocenters. The molecule has 2 nitrogen and oxygen atoms in total. The maximum atomic E-state index is 12.2. The predicted molar refractivity (Wildman–Crippen MR) is 66.6 cm³/mol. The quantitative estimate of drug-likeness (QED) is 0.539. The summed E-state index contributed by atoms with van der Waals surface area (Å²) in [4.78, 5) is 14.1. The minimum atomic E-state index is -0.254. The molecule has 2 fully saturated rings. The van der Waals surface area contributed by atoms with E-state index < -0.39 is 0 Å². The van der Waals surface area contributed by atoms with Gasteiger partial charge >= 0.3 is 0 Å². The first-order valence-electron chi connectivity index (χ1n) is 6.72. The van der Waals surface area contributed by atoms with Crippen LogP contribution in [0.2, 0.25) is 0 Å². The van der Waals surface area contributed by atoms with E-state index in [1.54, 1.807) is 0 Å². The van der Waals surface area contributed by atoms with E-state index in [9.17, 15) is 4.79 Å². The average molecular weight is 244 g/mol. The number of halogens is 1. The first kappa shape index (κ1) is 12.2. The monoisotopic (exact) mass is 243 g/mol. The SMILES string of the molecule is O=C(C(Cl)C1CCCCCC1)N1CCCC1. The van der Waals surface area contributed by atoms with Crippen LogP contribution in [-0.2, 0) is 4.79 Å². The minimum absolute atomic E-state index is 0.200. The number of carbonyl (C=O) groups excluding carboxylic acids is 1. The Hall–Kier alpha value is -0.240. The molecule has 1 heterocycles. The molecule has 3 heteroatoms. The molecule has 0 aromatic carbocycles. The Morgan fingerprint density at radius 1 is 1.00 bits per heavy atom. The highest BCUT2D eigenvalue weighted by Crippen LogP contribution is 2.29. The highest BCUT2D eigenvalue weighted by Gasteiger charge is 2.31. The van der Waals surface area contributed by atoms with Crippen LogP contribution in [0.25, 0.3) is 0 Å². The molecule has 1 aliphatic carbocycles. The van der Waals surface area contributed by atoms with E-state index in [4.69, 9.17) is 11.6 Å². The summed E-state index contributed by atoms with van der Waals surface area (Å²) in [6.07, 6.45) is 9.74. The first-order chi connectivity index (χ1) is 7.79. The van der Waals surface area contributed by atoms with Crippen LogP contribution in [0.5, 0.6) is 0 Å². The molecule has 92 valence electrons. The number of nitrogens with zero attached hydrogens (tertiary/aromatic N) is 1. The number of rotatable bonds is 2. The van der Waals surface area contributed by atoms with Crippen LogP contribution < -0.4 is 0 Å². The van der Waals surface area contributed by atoms with Crippen LogP contribution in [0.4, 0.5) is 0 Å². The smallest absolute Gasteiger partial charge is 0.240 e.